The fourth-order valence-corrected chi connectivity index (χ4v) is 3.53. The van der Waals surface area contributed by atoms with Crippen LogP contribution in [0.4, 0.5) is 5.82 Å². The van der Waals surface area contributed by atoms with E-state index in [0.29, 0.717) is 30.1 Å². The Labute approximate surface area is 144 Å². The van der Waals surface area contributed by atoms with Crippen molar-refractivity contribution in [2.45, 2.75) is 31.8 Å². The van der Waals surface area contributed by atoms with Crippen molar-refractivity contribution in [1.29, 1.82) is 0 Å². The Morgan fingerprint density at radius 3 is 3.04 bits per heavy atom. The number of hydrogen-bond acceptors (Lipinski definition) is 7. The molecule has 7 nitrogen and oxygen atoms in total. The van der Waals surface area contributed by atoms with Gasteiger partial charge in [0.15, 0.2) is 0 Å². The molecule has 0 aliphatic carbocycles. The monoisotopic (exact) mass is 347 g/mol. The molecule has 1 unspecified atom stereocenters. The van der Waals surface area contributed by atoms with E-state index in [-0.39, 0.29) is 18.4 Å². The van der Waals surface area contributed by atoms with Crippen molar-refractivity contribution >= 4 is 23.3 Å². The number of β-amino-alcohol motifs (C(OH)–C–C–N with tert-alkyl or cyclic N) is 1. The number of rotatable bonds is 5. The van der Waals surface area contributed by atoms with E-state index >= 15 is 0 Å². The smallest absolute Gasteiger partial charge is 0.265 e. The van der Waals surface area contributed by atoms with Crippen molar-refractivity contribution in [3.05, 3.63) is 35.0 Å². The maximum atomic E-state index is 12.4. The highest BCUT2D eigenvalue weighted by molar-refractivity contribution is 7.08. The third kappa shape index (κ3) is 3.54. The largest absolute Gasteiger partial charge is 0.386 e. The van der Waals surface area contributed by atoms with Crippen LogP contribution in [0.2, 0.25) is 0 Å². The first kappa shape index (κ1) is 16.8. The number of pyridine rings is 1. The molecule has 1 saturated heterocycles. The lowest BCUT2D eigenvalue weighted by Gasteiger charge is -2.24. The number of aromatic nitrogens is 3. The quantitative estimate of drug-likeness (QED) is 0.850. The van der Waals surface area contributed by atoms with E-state index in [9.17, 15) is 9.90 Å². The van der Waals surface area contributed by atoms with Gasteiger partial charge < -0.3 is 15.3 Å². The second-order valence-electron chi connectivity index (χ2n) is 6.41. The lowest BCUT2D eigenvalue weighted by Crippen LogP contribution is -2.45. The number of carbonyl (C=O) groups is 1. The molecule has 2 aromatic rings. The first-order chi connectivity index (χ1) is 11.5. The van der Waals surface area contributed by atoms with Gasteiger partial charge in [0.2, 0.25) is 0 Å². The van der Waals surface area contributed by atoms with E-state index in [0.717, 1.165) is 17.4 Å². The second-order valence-corrected chi connectivity index (χ2v) is 7.16. The number of carbonyl (C=O) groups excluding carboxylic acids is 1. The average molecular weight is 347 g/mol. The summed E-state index contributed by atoms with van der Waals surface area (Å²) in [4.78, 5) is 19.2. The molecule has 1 aliphatic heterocycles. The Hall–Kier alpha value is -2.06. The summed E-state index contributed by atoms with van der Waals surface area (Å²) in [6.45, 7) is 5.31. The molecule has 0 aromatic carbocycles. The standard InChI is InChI=1S/C16H21N5O2S/c1-11(2)13-14(24-20-19-13)15(22)18-9-16(23)6-8-21(10-16)12-5-3-4-7-17-12/h3-5,7,11,23H,6,8-10H2,1-2H3,(H,18,22). The summed E-state index contributed by atoms with van der Waals surface area (Å²) in [5.74, 6) is 0.755. The number of nitrogens with zero attached hydrogens (tertiary/aromatic N) is 4. The first-order valence-electron chi connectivity index (χ1n) is 7.97. The number of nitrogens with one attached hydrogen (secondary N) is 1. The molecule has 3 rings (SSSR count). The minimum Gasteiger partial charge on any atom is -0.386 e. The summed E-state index contributed by atoms with van der Waals surface area (Å²) in [7, 11) is 0. The Bertz CT molecular complexity index is 706. The first-order valence-corrected chi connectivity index (χ1v) is 8.75. The molecule has 1 atom stereocenters. The third-order valence-electron chi connectivity index (χ3n) is 4.15. The van der Waals surface area contributed by atoms with Gasteiger partial charge in [0, 0.05) is 25.8 Å². The predicted octanol–water partition coefficient (Wildman–Crippen LogP) is 1.43. The Morgan fingerprint density at radius 2 is 2.33 bits per heavy atom. The molecular weight excluding hydrogens is 326 g/mol. The van der Waals surface area contributed by atoms with E-state index in [1.807, 2.05) is 36.9 Å². The van der Waals surface area contributed by atoms with Crippen molar-refractivity contribution in [2.75, 3.05) is 24.5 Å². The summed E-state index contributed by atoms with van der Waals surface area (Å²) in [6.07, 6.45) is 2.32. The zero-order valence-corrected chi connectivity index (χ0v) is 14.6. The highest BCUT2D eigenvalue weighted by Crippen LogP contribution is 2.25. The fraction of sp³-hybridized carbons (Fsp3) is 0.500. The SMILES string of the molecule is CC(C)c1nnsc1C(=O)NCC1(O)CCN(c2ccccn2)C1. The molecule has 2 aromatic heterocycles. The van der Waals surface area contributed by atoms with E-state index in [2.05, 4.69) is 19.9 Å². The van der Waals surface area contributed by atoms with Gasteiger partial charge in [-0.1, -0.05) is 24.4 Å². The molecule has 1 amide bonds. The number of amides is 1. The molecule has 0 spiro atoms. The predicted molar refractivity (Wildman–Crippen MR) is 92.3 cm³/mol. The molecular formula is C16H21N5O2S. The van der Waals surface area contributed by atoms with Crippen LogP contribution in [-0.2, 0) is 0 Å². The molecule has 24 heavy (non-hydrogen) atoms. The Balaban J connectivity index is 1.60. The van der Waals surface area contributed by atoms with Gasteiger partial charge in [-0.05, 0) is 36.0 Å². The molecule has 0 saturated carbocycles. The van der Waals surface area contributed by atoms with Crippen LogP contribution in [0, 0.1) is 0 Å². The van der Waals surface area contributed by atoms with Gasteiger partial charge in [0.05, 0.1) is 5.69 Å². The van der Waals surface area contributed by atoms with Gasteiger partial charge in [-0.3, -0.25) is 4.79 Å². The van der Waals surface area contributed by atoms with Gasteiger partial charge in [-0.25, -0.2) is 4.98 Å². The van der Waals surface area contributed by atoms with Crippen LogP contribution in [-0.4, -0.2) is 50.8 Å². The van der Waals surface area contributed by atoms with Crippen LogP contribution in [0.15, 0.2) is 24.4 Å². The van der Waals surface area contributed by atoms with Gasteiger partial charge >= 0.3 is 0 Å². The molecule has 1 fully saturated rings. The van der Waals surface area contributed by atoms with Crippen LogP contribution < -0.4 is 10.2 Å². The van der Waals surface area contributed by atoms with Crippen molar-refractivity contribution in [3.63, 3.8) is 0 Å². The Kier molecular flexibility index (Phi) is 4.77. The van der Waals surface area contributed by atoms with Crippen molar-refractivity contribution in [2.24, 2.45) is 0 Å². The molecule has 0 radical (unpaired) electrons. The maximum Gasteiger partial charge on any atom is 0.265 e. The number of hydrogen-bond donors (Lipinski definition) is 2. The van der Waals surface area contributed by atoms with Crippen LogP contribution in [0.25, 0.3) is 0 Å². The summed E-state index contributed by atoms with van der Waals surface area (Å²) >= 11 is 1.09. The number of anilines is 1. The van der Waals surface area contributed by atoms with Crippen molar-refractivity contribution in [1.82, 2.24) is 19.9 Å². The van der Waals surface area contributed by atoms with Crippen LogP contribution >= 0.6 is 11.5 Å². The summed E-state index contributed by atoms with van der Waals surface area (Å²) in [6, 6.07) is 5.70. The van der Waals surface area contributed by atoms with Crippen LogP contribution in [0.1, 0.15) is 41.6 Å². The molecule has 1 aliphatic rings. The van der Waals surface area contributed by atoms with Gasteiger partial charge in [0.25, 0.3) is 5.91 Å². The summed E-state index contributed by atoms with van der Waals surface area (Å²) in [5, 5.41) is 17.6. The molecule has 0 bridgehead atoms. The van der Waals surface area contributed by atoms with E-state index < -0.39 is 5.60 Å². The van der Waals surface area contributed by atoms with Crippen LogP contribution in [0.3, 0.4) is 0 Å². The maximum absolute atomic E-state index is 12.4. The normalized spacial score (nSPS) is 20.6. The van der Waals surface area contributed by atoms with Crippen LogP contribution in [0.5, 0.6) is 0 Å². The molecule has 3 heterocycles. The Morgan fingerprint density at radius 1 is 1.50 bits per heavy atom. The highest BCUT2D eigenvalue weighted by atomic mass is 32.1. The lowest BCUT2D eigenvalue weighted by molar-refractivity contribution is 0.0576. The van der Waals surface area contributed by atoms with Gasteiger partial charge in [-0.2, -0.15) is 0 Å². The van der Waals surface area contributed by atoms with E-state index in [4.69, 9.17) is 0 Å². The van der Waals surface area contributed by atoms with Crippen molar-refractivity contribution in [3.8, 4) is 0 Å². The van der Waals surface area contributed by atoms with E-state index in [1.54, 1.807) is 6.20 Å². The molecule has 128 valence electrons. The minimum atomic E-state index is -0.955. The summed E-state index contributed by atoms with van der Waals surface area (Å²) in [5.41, 5.74) is -0.255. The molecule has 2 N–H and O–H groups in total. The summed E-state index contributed by atoms with van der Waals surface area (Å²) < 4.78 is 3.87. The van der Waals surface area contributed by atoms with Gasteiger partial charge in [-0.15, -0.1) is 5.10 Å². The topological polar surface area (TPSA) is 91.2 Å². The van der Waals surface area contributed by atoms with Gasteiger partial charge in [0.1, 0.15) is 16.3 Å². The zero-order chi connectivity index (χ0) is 17.2. The average Bonchev–Trinajstić information content (AvgIpc) is 3.21. The van der Waals surface area contributed by atoms with E-state index in [1.165, 1.54) is 0 Å². The van der Waals surface area contributed by atoms with Crippen molar-refractivity contribution < 1.29 is 9.90 Å². The number of aliphatic hydroxyl groups is 1. The molecule has 8 heteroatoms. The fourth-order valence-electron chi connectivity index (χ4n) is 2.80. The highest BCUT2D eigenvalue weighted by Gasteiger charge is 2.37. The minimum absolute atomic E-state index is 0.138. The second kappa shape index (κ2) is 6.82. The zero-order valence-electron chi connectivity index (χ0n) is 13.8. The lowest BCUT2D eigenvalue weighted by atomic mass is 10.0. The third-order valence-corrected chi connectivity index (χ3v) is 4.89.